The molecule has 1 unspecified atom stereocenters. The van der Waals surface area contributed by atoms with Crippen LogP contribution in [0.25, 0.3) is 0 Å². The number of nitrogens with zero attached hydrogens (tertiary/aromatic N) is 1. The molecule has 1 saturated heterocycles. The highest BCUT2D eigenvalue weighted by Crippen LogP contribution is 2.36. The van der Waals surface area contributed by atoms with Gasteiger partial charge in [-0.05, 0) is 37.0 Å². The van der Waals surface area contributed by atoms with Crippen molar-refractivity contribution in [1.82, 2.24) is 4.31 Å². The summed E-state index contributed by atoms with van der Waals surface area (Å²) < 4.78 is 63.5. The van der Waals surface area contributed by atoms with Gasteiger partial charge in [0, 0.05) is 12.6 Å². The van der Waals surface area contributed by atoms with Crippen LogP contribution in [0.4, 0.5) is 13.2 Å². The number of hydrogen-bond acceptors (Lipinski definition) is 2. The lowest BCUT2D eigenvalue weighted by Crippen LogP contribution is -2.32. The lowest BCUT2D eigenvalue weighted by Gasteiger charge is -2.24. The van der Waals surface area contributed by atoms with Gasteiger partial charge in [0.05, 0.1) is 11.3 Å². The molecule has 2 rings (SSSR count). The van der Waals surface area contributed by atoms with Crippen LogP contribution in [0.3, 0.4) is 0 Å². The number of halogens is 3. The molecule has 7 heteroatoms. The maximum Gasteiger partial charge on any atom is 0.416 e. The zero-order valence-corrected chi connectivity index (χ0v) is 12.5. The van der Waals surface area contributed by atoms with E-state index in [1.54, 1.807) is 6.92 Å². The smallest absolute Gasteiger partial charge is 0.212 e. The zero-order chi connectivity index (χ0) is 15.7. The van der Waals surface area contributed by atoms with E-state index in [0.717, 1.165) is 18.6 Å². The molecule has 0 spiro atoms. The third-order valence-electron chi connectivity index (χ3n) is 3.65. The molecule has 0 bridgehead atoms. The Kier molecular flexibility index (Phi) is 4.63. The molecule has 1 atom stereocenters. The van der Waals surface area contributed by atoms with Gasteiger partial charge in [0.1, 0.15) is 0 Å². The molecule has 0 radical (unpaired) electrons. The van der Waals surface area contributed by atoms with Crippen molar-refractivity contribution in [3.8, 4) is 0 Å². The molecule has 0 N–H and O–H groups in total. The molecular formula is C14H18F3NO2S. The van der Waals surface area contributed by atoms with E-state index in [1.807, 2.05) is 0 Å². The third kappa shape index (κ3) is 3.58. The van der Waals surface area contributed by atoms with E-state index in [0.29, 0.717) is 24.9 Å². The van der Waals surface area contributed by atoms with Crippen LogP contribution in [0.2, 0.25) is 0 Å². The van der Waals surface area contributed by atoms with Crippen molar-refractivity contribution in [3.63, 3.8) is 0 Å². The summed E-state index contributed by atoms with van der Waals surface area (Å²) in [7, 11) is -3.33. The first-order valence-corrected chi connectivity index (χ1v) is 8.53. The standard InChI is InChI=1S/C14H18F3NO2S/c1-2-10-21(19,20)18-9-3-4-13(18)11-5-7-12(8-6-11)14(15,16)17/h5-8,13H,2-4,9-10H2,1H3. The van der Waals surface area contributed by atoms with Gasteiger partial charge in [-0.2, -0.15) is 17.5 Å². The number of rotatable bonds is 4. The molecule has 118 valence electrons. The van der Waals surface area contributed by atoms with Crippen molar-refractivity contribution in [1.29, 1.82) is 0 Å². The van der Waals surface area contributed by atoms with E-state index in [9.17, 15) is 21.6 Å². The monoisotopic (exact) mass is 321 g/mol. The van der Waals surface area contributed by atoms with Crippen LogP contribution in [0.5, 0.6) is 0 Å². The molecule has 1 aliphatic heterocycles. The molecule has 0 saturated carbocycles. The van der Waals surface area contributed by atoms with Crippen LogP contribution >= 0.6 is 0 Å². The van der Waals surface area contributed by atoms with Crippen LogP contribution in [0, 0.1) is 0 Å². The summed E-state index contributed by atoms with van der Waals surface area (Å²) in [5.41, 5.74) is -0.0904. The van der Waals surface area contributed by atoms with Crippen LogP contribution < -0.4 is 0 Å². The Morgan fingerprint density at radius 1 is 1.24 bits per heavy atom. The normalized spacial score (nSPS) is 20.9. The minimum Gasteiger partial charge on any atom is -0.212 e. The number of benzene rings is 1. The van der Waals surface area contributed by atoms with Gasteiger partial charge in [-0.1, -0.05) is 19.1 Å². The molecular weight excluding hydrogens is 303 g/mol. The highest BCUT2D eigenvalue weighted by atomic mass is 32.2. The average Bonchev–Trinajstić information content (AvgIpc) is 2.88. The minimum atomic E-state index is -4.37. The predicted molar refractivity (Wildman–Crippen MR) is 74.2 cm³/mol. The minimum absolute atomic E-state index is 0.0735. The molecule has 1 aromatic rings. The number of alkyl halides is 3. The summed E-state index contributed by atoms with van der Waals surface area (Å²) in [6.07, 6.45) is -2.47. The molecule has 1 heterocycles. The molecule has 3 nitrogen and oxygen atoms in total. The Labute approximate surface area is 122 Å². The maximum absolute atomic E-state index is 12.6. The highest BCUT2D eigenvalue weighted by Gasteiger charge is 2.35. The van der Waals surface area contributed by atoms with Crippen molar-refractivity contribution in [3.05, 3.63) is 35.4 Å². The van der Waals surface area contributed by atoms with Crippen molar-refractivity contribution < 1.29 is 21.6 Å². The fraction of sp³-hybridized carbons (Fsp3) is 0.571. The van der Waals surface area contributed by atoms with Gasteiger partial charge in [0.2, 0.25) is 10.0 Å². The summed E-state index contributed by atoms with van der Waals surface area (Å²) in [5, 5.41) is 0. The fourth-order valence-electron chi connectivity index (χ4n) is 2.68. The van der Waals surface area contributed by atoms with E-state index in [-0.39, 0.29) is 11.8 Å². The highest BCUT2D eigenvalue weighted by molar-refractivity contribution is 7.89. The van der Waals surface area contributed by atoms with Gasteiger partial charge in [0.15, 0.2) is 0 Å². The van der Waals surface area contributed by atoms with E-state index < -0.39 is 21.8 Å². The quantitative estimate of drug-likeness (QED) is 0.850. The van der Waals surface area contributed by atoms with Crippen molar-refractivity contribution in [2.75, 3.05) is 12.3 Å². The first kappa shape index (κ1) is 16.3. The average molecular weight is 321 g/mol. The third-order valence-corrected chi connectivity index (χ3v) is 5.72. The second-order valence-corrected chi connectivity index (χ2v) is 7.25. The largest absolute Gasteiger partial charge is 0.416 e. The van der Waals surface area contributed by atoms with Gasteiger partial charge >= 0.3 is 6.18 Å². The predicted octanol–water partition coefficient (Wildman–Crippen LogP) is 3.58. The van der Waals surface area contributed by atoms with Crippen LogP contribution in [-0.2, 0) is 16.2 Å². The van der Waals surface area contributed by atoms with Crippen LogP contribution in [-0.4, -0.2) is 25.0 Å². The van der Waals surface area contributed by atoms with Crippen LogP contribution in [0.15, 0.2) is 24.3 Å². The van der Waals surface area contributed by atoms with Gasteiger partial charge in [-0.15, -0.1) is 0 Å². The second-order valence-electron chi connectivity index (χ2n) is 5.20. The van der Waals surface area contributed by atoms with E-state index in [4.69, 9.17) is 0 Å². The van der Waals surface area contributed by atoms with E-state index in [1.165, 1.54) is 16.4 Å². The molecule has 1 aromatic carbocycles. The molecule has 1 fully saturated rings. The zero-order valence-electron chi connectivity index (χ0n) is 11.7. The summed E-state index contributed by atoms with van der Waals surface area (Å²) in [6.45, 7) is 2.23. The fourth-order valence-corrected chi connectivity index (χ4v) is 4.45. The van der Waals surface area contributed by atoms with Crippen molar-refractivity contribution in [2.24, 2.45) is 0 Å². The van der Waals surface area contributed by atoms with Crippen molar-refractivity contribution in [2.45, 2.75) is 38.4 Å². The summed E-state index contributed by atoms with van der Waals surface area (Å²) in [6, 6.07) is 4.45. The number of hydrogen-bond donors (Lipinski definition) is 0. The van der Waals surface area contributed by atoms with E-state index in [2.05, 4.69) is 0 Å². The molecule has 0 aliphatic carbocycles. The van der Waals surface area contributed by atoms with Gasteiger partial charge in [0.25, 0.3) is 0 Å². The Morgan fingerprint density at radius 3 is 2.38 bits per heavy atom. The number of sulfonamides is 1. The summed E-state index contributed by atoms with van der Waals surface area (Å²) in [5.74, 6) is 0.0735. The summed E-state index contributed by atoms with van der Waals surface area (Å²) >= 11 is 0. The van der Waals surface area contributed by atoms with Gasteiger partial charge in [-0.25, -0.2) is 8.42 Å². The van der Waals surface area contributed by atoms with Crippen molar-refractivity contribution >= 4 is 10.0 Å². The molecule has 0 amide bonds. The van der Waals surface area contributed by atoms with Gasteiger partial charge in [-0.3, -0.25) is 0 Å². The molecule has 21 heavy (non-hydrogen) atoms. The Hall–Kier alpha value is -1.08. The Bertz CT molecular complexity index is 581. The lowest BCUT2D eigenvalue weighted by molar-refractivity contribution is -0.137. The van der Waals surface area contributed by atoms with Crippen LogP contribution in [0.1, 0.15) is 43.4 Å². The first-order valence-electron chi connectivity index (χ1n) is 6.92. The van der Waals surface area contributed by atoms with Gasteiger partial charge < -0.3 is 0 Å². The molecule has 1 aliphatic rings. The first-order chi connectivity index (χ1) is 9.75. The van der Waals surface area contributed by atoms with E-state index >= 15 is 0 Å². The maximum atomic E-state index is 12.6. The Balaban J connectivity index is 2.25. The lowest BCUT2D eigenvalue weighted by atomic mass is 10.0. The second kappa shape index (κ2) is 5.96. The molecule has 0 aromatic heterocycles. The summed E-state index contributed by atoms with van der Waals surface area (Å²) in [4.78, 5) is 0. The topological polar surface area (TPSA) is 37.4 Å². The Morgan fingerprint density at radius 2 is 1.86 bits per heavy atom. The SMILES string of the molecule is CCCS(=O)(=O)N1CCCC1c1ccc(C(F)(F)F)cc1.